The van der Waals surface area contributed by atoms with Crippen molar-refractivity contribution >= 4 is 11.9 Å². The van der Waals surface area contributed by atoms with Crippen molar-refractivity contribution < 1.29 is 14.3 Å². The molecule has 0 radical (unpaired) electrons. The van der Waals surface area contributed by atoms with E-state index in [0.29, 0.717) is 25.3 Å². The van der Waals surface area contributed by atoms with Crippen molar-refractivity contribution in [3.8, 4) is 5.69 Å². The summed E-state index contributed by atoms with van der Waals surface area (Å²) in [5.74, 6) is -0.439. The molecular weight excluding hydrogens is 316 g/mol. The van der Waals surface area contributed by atoms with Gasteiger partial charge in [-0.3, -0.25) is 9.59 Å². The molecule has 1 aliphatic heterocycles. The molecule has 0 aliphatic carbocycles. The monoisotopic (exact) mass is 340 g/mol. The maximum atomic E-state index is 12.9. The van der Waals surface area contributed by atoms with Crippen molar-refractivity contribution in [1.82, 2.24) is 9.47 Å². The Morgan fingerprint density at radius 3 is 2.72 bits per heavy atom. The van der Waals surface area contributed by atoms with Gasteiger partial charge in [0.05, 0.1) is 12.5 Å². The molecule has 1 aliphatic rings. The van der Waals surface area contributed by atoms with Crippen LogP contribution in [0.25, 0.3) is 5.69 Å². The molecule has 0 N–H and O–H groups in total. The van der Waals surface area contributed by atoms with Crippen LogP contribution < -0.4 is 0 Å². The minimum Gasteiger partial charge on any atom is -0.466 e. The highest BCUT2D eigenvalue weighted by Crippen LogP contribution is 2.22. The third-order valence-electron chi connectivity index (χ3n) is 4.67. The number of rotatable bonds is 4. The Balaban J connectivity index is 1.79. The number of nitrogens with zero attached hydrogens (tertiary/aromatic N) is 2. The van der Waals surface area contributed by atoms with E-state index in [2.05, 4.69) is 0 Å². The molecule has 1 unspecified atom stereocenters. The minimum atomic E-state index is -0.216. The van der Waals surface area contributed by atoms with Crippen molar-refractivity contribution in [2.24, 2.45) is 5.92 Å². The lowest BCUT2D eigenvalue weighted by Gasteiger charge is -2.31. The second-order valence-electron chi connectivity index (χ2n) is 6.43. The van der Waals surface area contributed by atoms with Crippen LogP contribution in [0.4, 0.5) is 0 Å². The van der Waals surface area contributed by atoms with E-state index in [1.807, 2.05) is 54.2 Å². The molecule has 2 heterocycles. The van der Waals surface area contributed by atoms with Crippen molar-refractivity contribution in [2.75, 3.05) is 19.7 Å². The molecule has 0 saturated carbocycles. The van der Waals surface area contributed by atoms with Crippen LogP contribution in [-0.2, 0) is 9.53 Å². The molecule has 1 saturated heterocycles. The standard InChI is InChI=1S/C20H24N2O3/c1-3-25-20(24)17-7-6-12-22(14-17)19(23)16-9-8-15(2)18(13-16)21-10-4-5-11-21/h4-5,8-11,13,17H,3,6-7,12,14H2,1-2H3. The van der Waals surface area contributed by atoms with Gasteiger partial charge < -0.3 is 14.2 Å². The number of carbonyl (C=O) groups is 2. The van der Waals surface area contributed by atoms with Gasteiger partial charge in [-0.05, 0) is 56.5 Å². The van der Waals surface area contributed by atoms with Gasteiger partial charge in [0.25, 0.3) is 5.91 Å². The number of esters is 1. The summed E-state index contributed by atoms with van der Waals surface area (Å²) in [7, 11) is 0. The van der Waals surface area contributed by atoms with Gasteiger partial charge in [0.15, 0.2) is 0 Å². The van der Waals surface area contributed by atoms with Crippen molar-refractivity contribution in [2.45, 2.75) is 26.7 Å². The number of aromatic nitrogens is 1. The number of carbonyl (C=O) groups excluding carboxylic acids is 2. The fourth-order valence-electron chi connectivity index (χ4n) is 3.31. The highest BCUT2D eigenvalue weighted by molar-refractivity contribution is 5.95. The Labute approximate surface area is 148 Å². The van der Waals surface area contributed by atoms with Crippen LogP contribution in [0.15, 0.2) is 42.7 Å². The number of hydrogen-bond acceptors (Lipinski definition) is 3. The zero-order chi connectivity index (χ0) is 17.8. The lowest BCUT2D eigenvalue weighted by atomic mass is 9.97. The minimum absolute atomic E-state index is 0.0256. The normalized spacial score (nSPS) is 17.4. The lowest BCUT2D eigenvalue weighted by Crippen LogP contribution is -2.42. The van der Waals surface area contributed by atoms with Crippen LogP contribution in [0.5, 0.6) is 0 Å². The van der Waals surface area contributed by atoms with Gasteiger partial charge in [-0.15, -0.1) is 0 Å². The number of ether oxygens (including phenoxy) is 1. The van der Waals surface area contributed by atoms with Gasteiger partial charge in [-0.25, -0.2) is 0 Å². The first-order valence-electron chi connectivity index (χ1n) is 8.80. The first-order chi connectivity index (χ1) is 12.1. The Morgan fingerprint density at radius 1 is 1.24 bits per heavy atom. The predicted octanol–water partition coefficient (Wildman–Crippen LogP) is 3.20. The Bertz CT molecular complexity index is 752. The molecule has 1 fully saturated rings. The summed E-state index contributed by atoms with van der Waals surface area (Å²) in [6, 6.07) is 9.67. The lowest BCUT2D eigenvalue weighted by molar-refractivity contribution is -0.149. The van der Waals surface area contributed by atoms with E-state index in [1.54, 1.807) is 11.8 Å². The summed E-state index contributed by atoms with van der Waals surface area (Å²) >= 11 is 0. The largest absolute Gasteiger partial charge is 0.466 e. The summed E-state index contributed by atoms with van der Waals surface area (Å²) in [5.41, 5.74) is 2.75. The number of amides is 1. The van der Waals surface area contributed by atoms with E-state index in [1.165, 1.54) is 0 Å². The van der Waals surface area contributed by atoms with Gasteiger partial charge in [0, 0.05) is 36.7 Å². The number of likely N-dealkylation sites (tertiary alicyclic amines) is 1. The summed E-state index contributed by atoms with van der Waals surface area (Å²) in [4.78, 5) is 26.7. The molecule has 1 atom stereocenters. The summed E-state index contributed by atoms with van der Waals surface area (Å²) in [5, 5.41) is 0. The quantitative estimate of drug-likeness (QED) is 0.803. The second kappa shape index (κ2) is 7.55. The number of aryl methyl sites for hydroxylation is 1. The Morgan fingerprint density at radius 2 is 2.00 bits per heavy atom. The maximum Gasteiger partial charge on any atom is 0.310 e. The predicted molar refractivity (Wildman–Crippen MR) is 95.8 cm³/mol. The van der Waals surface area contributed by atoms with Gasteiger partial charge in [-0.1, -0.05) is 6.07 Å². The molecule has 1 aromatic carbocycles. The Kier molecular flexibility index (Phi) is 5.22. The molecule has 25 heavy (non-hydrogen) atoms. The van der Waals surface area contributed by atoms with Crippen LogP contribution in [0.2, 0.25) is 0 Å². The molecule has 132 valence electrons. The fraction of sp³-hybridized carbons (Fsp3) is 0.400. The van der Waals surface area contributed by atoms with Crippen molar-refractivity contribution in [3.05, 3.63) is 53.9 Å². The average Bonchev–Trinajstić information content (AvgIpc) is 3.16. The smallest absolute Gasteiger partial charge is 0.310 e. The molecule has 0 bridgehead atoms. The first-order valence-corrected chi connectivity index (χ1v) is 8.80. The van der Waals surface area contributed by atoms with Gasteiger partial charge >= 0.3 is 5.97 Å². The summed E-state index contributed by atoms with van der Waals surface area (Å²) in [6.07, 6.45) is 5.54. The van der Waals surface area contributed by atoms with Gasteiger partial charge in [-0.2, -0.15) is 0 Å². The maximum absolute atomic E-state index is 12.9. The van der Waals surface area contributed by atoms with Crippen molar-refractivity contribution in [3.63, 3.8) is 0 Å². The van der Waals surface area contributed by atoms with Gasteiger partial charge in [0.2, 0.25) is 0 Å². The zero-order valence-electron chi connectivity index (χ0n) is 14.8. The topological polar surface area (TPSA) is 51.5 Å². The van der Waals surface area contributed by atoms with Crippen LogP contribution >= 0.6 is 0 Å². The van der Waals surface area contributed by atoms with Crippen LogP contribution in [0.1, 0.15) is 35.7 Å². The third kappa shape index (κ3) is 3.76. The molecular formula is C20H24N2O3. The van der Waals surface area contributed by atoms with Crippen LogP contribution in [0.3, 0.4) is 0 Å². The van der Waals surface area contributed by atoms with Gasteiger partial charge in [0.1, 0.15) is 0 Å². The summed E-state index contributed by atoms with van der Waals surface area (Å²) < 4.78 is 7.12. The van der Waals surface area contributed by atoms with E-state index in [-0.39, 0.29) is 17.8 Å². The zero-order valence-corrected chi connectivity index (χ0v) is 14.8. The highest BCUT2D eigenvalue weighted by atomic mass is 16.5. The number of hydrogen-bond donors (Lipinski definition) is 0. The highest BCUT2D eigenvalue weighted by Gasteiger charge is 2.29. The van der Waals surface area contributed by atoms with E-state index in [4.69, 9.17) is 4.74 Å². The SMILES string of the molecule is CCOC(=O)C1CCCN(C(=O)c2ccc(C)c(-n3cccc3)c2)C1. The first kappa shape index (κ1) is 17.3. The molecule has 1 aromatic heterocycles. The molecule has 2 aromatic rings. The molecule has 3 rings (SSSR count). The summed E-state index contributed by atoms with van der Waals surface area (Å²) in [6.45, 7) is 5.33. The second-order valence-corrected chi connectivity index (χ2v) is 6.43. The van der Waals surface area contributed by atoms with E-state index < -0.39 is 0 Å². The van der Waals surface area contributed by atoms with Crippen molar-refractivity contribution in [1.29, 1.82) is 0 Å². The number of piperidine rings is 1. The Hall–Kier alpha value is -2.56. The van der Waals surface area contributed by atoms with Crippen LogP contribution in [-0.4, -0.2) is 41.0 Å². The molecule has 5 heteroatoms. The number of benzene rings is 1. The van der Waals surface area contributed by atoms with Crippen LogP contribution in [0, 0.1) is 12.8 Å². The van der Waals surface area contributed by atoms with E-state index >= 15 is 0 Å². The average molecular weight is 340 g/mol. The fourth-order valence-corrected chi connectivity index (χ4v) is 3.31. The van der Waals surface area contributed by atoms with E-state index in [9.17, 15) is 9.59 Å². The molecule has 1 amide bonds. The molecule has 5 nitrogen and oxygen atoms in total. The van der Waals surface area contributed by atoms with E-state index in [0.717, 1.165) is 24.1 Å². The third-order valence-corrected chi connectivity index (χ3v) is 4.67. The molecule has 0 spiro atoms.